The van der Waals surface area contributed by atoms with E-state index >= 15 is 0 Å². The second-order valence-corrected chi connectivity index (χ2v) is 3.77. The normalized spacial score (nSPS) is 15.1. The quantitative estimate of drug-likeness (QED) is 0.667. The monoisotopic (exact) mass is 190 g/mol. The minimum absolute atomic E-state index is 0.694. The molecule has 1 saturated carbocycles. The molecule has 2 heteroatoms. The van der Waals surface area contributed by atoms with E-state index in [2.05, 4.69) is 0 Å². The van der Waals surface area contributed by atoms with Crippen molar-refractivity contribution < 1.29 is 9.53 Å². The van der Waals surface area contributed by atoms with Crippen LogP contribution in [0.4, 0.5) is 0 Å². The summed E-state index contributed by atoms with van der Waals surface area (Å²) in [5.41, 5.74) is 0.694. The third-order valence-electron chi connectivity index (χ3n) is 2.51. The molecule has 0 heterocycles. The molecule has 0 amide bonds. The maximum atomic E-state index is 10.4. The Kier molecular flexibility index (Phi) is 2.82. The molecule has 0 aliphatic heterocycles. The van der Waals surface area contributed by atoms with Gasteiger partial charge in [-0.3, -0.25) is 4.79 Å². The summed E-state index contributed by atoms with van der Waals surface area (Å²) in [4.78, 5) is 10.4. The molecule has 0 saturated heterocycles. The van der Waals surface area contributed by atoms with Gasteiger partial charge in [0.2, 0.25) is 0 Å². The van der Waals surface area contributed by atoms with Gasteiger partial charge in [-0.05, 0) is 36.6 Å². The predicted octanol–water partition coefficient (Wildman–Crippen LogP) is 2.68. The van der Waals surface area contributed by atoms with Crippen LogP contribution in [-0.4, -0.2) is 12.9 Å². The highest BCUT2D eigenvalue weighted by atomic mass is 16.5. The summed E-state index contributed by atoms with van der Waals surface area (Å²) in [6.45, 7) is 0.797. The number of hydrogen-bond donors (Lipinski definition) is 0. The fraction of sp³-hybridized carbons (Fsp3) is 0.417. The summed E-state index contributed by atoms with van der Waals surface area (Å²) in [5, 5.41) is 0. The Balaban J connectivity index is 1.79. The van der Waals surface area contributed by atoms with Gasteiger partial charge in [0.15, 0.2) is 0 Å². The lowest BCUT2D eigenvalue weighted by Crippen LogP contribution is -1.97. The Bertz CT molecular complexity index is 299. The molecular weight excluding hydrogens is 176 g/mol. The van der Waals surface area contributed by atoms with Crippen molar-refractivity contribution in [1.29, 1.82) is 0 Å². The van der Waals surface area contributed by atoms with Gasteiger partial charge in [0.25, 0.3) is 0 Å². The maximum Gasteiger partial charge on any atom is 0.150 e. The molecule has 0 atom stereocenters. The van der Waals surface area contributed by atoms with Crippen LogP contribution < -0.4 is 4.74 Å². The van der Waals surface area contributed by atoms with Gasteiger partial charge in [0.05, 0.1) is 6.61 Å². The van der Waals surface area contributed by atoms with Gasteiger partial charge in [-0.25, -0.2) is 0 Å². The van der Waals surface area contributed by atoms with E-state index in [1.165, 1.54) is 12.8 Å². The lowest BCUT2D eigenvalue weighted by Gasteiger charge is -2.04. The number of benzene rings is 1. The number of carbonyl (C=O) groups is 1. The van der Waals surface area contributed by atoms with Crippen molar-refractivity contribution in [3.05, 3.63) is 29.8 Å². The van der Waals surface area contributed by atoms with Crippen LogP contribution in [0.1, 0.15) is 29.6 Å². The summed E-state index contributed by atoms with van der Waals surface area (Å²) in [6, 6.07) is 7.24. The average Bonchev–Trinajstić information content (AvgIpc) is 3.03. The van der Waals surface area contributed by atoms with Crippen molar-refractivity contribution in [3.8, 4) is 5.75 Å². The smallest absolute Gasteiger partial charge is 0.150 e. The molecular formula is C12H14O2. The van der Waals surface area contributed by atoms with Crippen molar-refractivity contribution in [1.82, 2.24) is 0 Å². The number of carbonyl (C=O) groups excluding carboxylic acids is 1. The first-order valence-electron chi connectivity index (χ1n) is 5.06. The first-order chi connectivity index (χ1) is 6.88. The van der Waals surface area contributed by atoms with Crippen LogP contribution in [0.3, 0.4) is 0 Å². The van der Waals surface area contributed by atoms with Crippen molar-refractivity contribution in [3.63, 3.8) is 0 Å². The molecule has 14 heavy (non-hydrogen) atoms. The van der Waals surface area contributed by atoms with E-state index in [9.17, 15) is 4.79 Å². The standard InChI is InChI=1S/C12H14O2/c13-9-11-3-5-12(6-4-11)14-8-7-10-1-2-10/h3-6,9-10H,1-2,7-8H2. The lowest BCUT2D eigenvalue weighted by molar-refractivity contribution is 0.112. The Morgan fingerprint density at radius 1 is 1.29 bits per heavy atom. The van der Waals surface area contributed by atoms with Gasteiger partial charge in [-0.1, -0.05) is 12.8 Å². The van der Waals surface area contributed by atoms with Crippen LogP contribution in [0.25, 0.3) is 0 Å². The molecule has 0 N–H and O–H groups in total. The topological polar surface area (TPSA) is 26.3 Å². The van der Waals surface area contributed by atoms with Crippen molar-refractivity contribution in [2.75, 3.05) is 6.61 Å². The van der Waals surface area contributed by atoms with Crippen molar-refractivity contribution in [2.45, 2.75) is 19.3 Å². The number of ether oxygens (including phenoxy) is 1. The highest BCUT2D eigenvalue weighted by Crippen LogP contribution is 2.32. The molecule has 0 unspecified atom stereocenters. The summed E-state index contributed by atoms with van der Waals surface area (Å²) >= 11 is 0. The van der Waals surface area contributed by atoms with Gasteiger partial charge in [-0.2, -0.15) is 0 Å². The number of hydrogen-bond acceptors (Lipinski definition) is 2. The van der Waals surface area contributed by atoms with E-state index in [4.69, 9.17) is 4.74 Å². The van der Waals surface area contributed by atoms with Crippen LogP contribution in [0.5, 0.6) is 5.75 Å². The van der Waals surface area contributed by atoms with Gasteiger partial charge < -0.3 is 4.74 Å². The summed E-state index contributed by atoms with van der Waals surface area (Å²) < 4.78 is 5.54. The van der Waals surface area contributed by atoms with E-state index < -0.39 is 0 Å². The number of aldehydes is 1. The lowest BCUT2D eigenvalue weighted by atomic mass is 10.2. The largest absolute Gasteiger partial charge is 0.494 e. The predicted molar refractivity (Wildman–Crippen MR) is 54.7 cm³/mol. The first-order valence-corrected chi connectivity index (χ1v) is 5.06. The molecule has 0 aromatic heterocycles. The molecule has 1 aromatic carbocycles. The summed E-state index contributed by atoms with van der Waals surface area (Å²) in [5.74, 6) is 1.76. The van der Waals surface area contributed by atoms with Crippen LogP contribution in [0.15, 0.2) is 24.3 Å². The third kappa shape index (κ3) is 2.59. The number of rotatable bonds is 5. The third-order valence-corrected chi connectivity index (χ3v) is 2.51. The highest BCUT2D eigenvalue weighted by Gasteiger charge is 2.20. The molecule has 2 rings (SSSR count). The molecule has 1 aliphatic rings. The van der Waals surface area contributed by atoms with Crippen LogP contribution in [-0.2, 0) is 0 Å². The molecule has 2 nitrogen and oxygen atoms in total. The SMILES string of the molecule is O=Cc1ccc(OCCC2CC2)cc1. The Hall–Kier alpha value is -1.31. The fourth-order valence-corrected chi connectivity index (χ4v) is 1.39. The molecule has 1 aliphatic carbocycles. The van der Waals surface area contributed by atoms with E-state index in [1.807, 2.05) is 12.1 Å². The van der Waals surface area contributed by atoms with Crippen molar-refractivity contribution in [2.24, 2.45) is 5.92 Å². The maximum absolute atomic E-state index is 10.4. The summed E-state index contributed by atoms with van der Waals surface area (Å²) in [7, 11) is 0. The summed E-state index contributed by atoms with van der Waals surface area (Å²) in [6.07, 6.45) is 4.74. The molecule has 74 valence electrons. The van der Waals surface area contributed by atoms with Crippen LogP contribution in [0.2, 0.25) is 0 Å². The minimum atomic E-state index is 0.694. The van der Waals surface area contributed by atoms with Gasteiger partial charge in [0, 0.05) is 5.56 Å². The van der Waals surface area contributed by atoms with E-state index in [1.54, 1.807) is 12.1 Å². The van der Waals surface area contributed by atoms with E-state index in [-0.39, 0.29) is 0 Å². The second-order valence-electron chi connectivity index (χ2n) is 3.77. The van der Waals surface area contributed by atoms with Crippen LogP contribution in [0, 0.1) is 5.92 Å². The Labute approximate surface area is 83.9 Å². The zero-order valence-electron chi connectivity index (χ0n) is 8.11. The Morgan fingerprint density at radius 3 is 2.57 bits per heavy atom. The van der Waals surface area contributed by atoms with E-state index in [0.717, 1.165) is 31.0 Å². The molecule has 0 spiro atoms. The molecule has 0 radical (unpaired) electrons. The zero-order chi connectivity index (χ0) is 9.80. The second kappa shape index (κ2) is 4.27. The molecule has 0 bridgehead atoms. The fourth-order valence-electron chi connectivity index (χ4n) is 1.39. The zero-order valence-corrected chi connectivity index (χ0v) is 8.11. The van der Waals surface area contributed by atoms with Gasteiger partial charge in [0.1, 0.15) is 12.0 Å². The minimum Gasteiger partial charge on any atom is -0.494 e. The van der Waals surface area contributed by atoms with Crippen molar-refractivity contribution >= 4 is 6.29 Å². The van der Waals surface area contributed by atoms with Gasteiger partial charge >= 0.3 is 0 Å². The van der Waals surface area contributed by atoms with Gasteiger partial charge in [-0.15, -0.1) is 0 Å². The highest BCUT2D eigenvalue weighted by molar-refractivity contribution is 5.74. The van der Waals surface area contributed by atoms with Crippen LogP contribution >= 0.6 is 0 Å². The van der Waals surface area contributed by atoms with E-state index in [0.29, 0.717) is 5.56 Å². The average molecular weight is 190 g/mol. The first kappa shape index (κ1) is 9.25. The Morgan fingerprint density at radius 2 is 2.00 bits per heavy atom. The molecule has 1 fully saturated rings. The molecule has 1 aromatic rings.